The number of hydrogen-bond acceptors (Lipinski definition) is 2. The van der Waals surface area contributed by atoms with Gasteiger partial charge in [0.05, 0.1) is 18.2 Å². The Kier molecular flexibility index (Phi) is 4.81. The largest absolute Gasteiger partial charge is 0.493 e. The zero-order valence-corrected chi connectivity index (χ0v) is 11.9. The van der Waals surface area contributed by atoms with Crippen molar-refractivity contribution in [1.82, 2.24) is 0 Å². The Bertz CT molecular complexity index is 656. The molecule has 20 heavy (non-hydrogen) atoms. The Balaban J connectivity index is 2.47. The van der Waals surface area contributed by atoms with Gasteiger partial charge in [-0.3, -0.25) is 0 Å². The lowest BCUT2D eigenvalue weighted by molar-refractivity contribution is 0.339. The van der Waals surface area contributed by atoms with Gasteiger partial charge in [-0.25, -0.2) is 0 Å². The molecule has 0 bridgehead atoms. The third-order valence-electron chi connectivity index (χ3n) is 2.78. The van der Waals surface area contributed by atoms with E-state index in [1.165, 1.54) is 0 Å². The van der Waals surface area contributed by atoms with E-state index in [0.29, 0.717) is 17.2 Å². The molecule has 0 heterocycles. The minimum Gasteiger partial charge on any atom is -0.493 e. The van der Waals surface area contributed by atoms with E-state index in [2.05, 4.69) is 6.07 Å². The van der Waals surface area contributed by atoms with Crippen LogP contribution in [0.3, 0.4) is 0 Å². The van der Waals surface area contributed by atoms with Gasteiger partial charge in [-0.15, -0.1) is 0 Å². The molecule has 3 heteroatoms. The maximum Gasteiger partial charge on any atom is 0.126 e. The van der Waals surface area contributed by atoms with Crippen molar-refractivity contribution in [2.75, 3.05) is 6.61 Å². The van der Waals surface area contributed by atoms with Gasteiger partial charge in [-0.2, -0.15) is 5.26 Å². The second-order valence-corrected chi connectivity index (χ2v) is 4.59. The number of benzene rings is 2. The van der Waals surface area contributed by atoms with Crippen molar-refractivity contribution in [2.24, 2.45) is 0 Å². The summed E-state index contributed by atoms with van der Waals surface area (Å²) in [4.78, 5) is 0. The lowest BCUT2D eigenvalue weighted by atomic mass is 10.0. The fourth-order valence-corrected chi connectivity index (χ4v) is 2.05. The minimum atomic E-state index is 0.565. The fourth-order valence-electron chi connectivity index (χ4n) is 1.87. The van der Waals surface area contributed by atoms with Crippen molar-refractivity contribution in [1.29, 1.82) is 5.26 Å². The monoisotopic (exact) mass is 283 g/mol. The quantitative estimate of drug-likeness (QED) is 0.596. The molecule has 2 rings (SSSR count). The van der Waals surface area contributed by atoms with Crippen molar-refractivity contribution >= 4 is 23.3 Å². The molecule has 2 nitrogen and oxygen atoms in total. The van der Waals surface area contributed by atoms with Gasteiger partial charge in [-0.1, -0.05) is 41.9 Å². The molecule has 0 atom stereocenters. The summed E-state index contributed by atoms with van der Waals surface area (Å²) in [5.74, 6) is 0.723. The molecule has 0 aromatic heterocycles. The van der Waals surface area contributed by atoms with Gasteiger partial charge in [0.15, 0.2) is 0 Å². The van der Waals surface area contributed by atoms with Gasteiger partial charge in [0.25, 0.3) is 0 Å². The average Bonchev–Trinajstić information content (AvgIpc) is 2.48. The minimum absolute atomic E-state index is 0.565. The summed E-state index contributed by atoms with van der Waals surface area (Å²) in [6.07, 6.45) is 1.80. The molecule has 0 N–H and O–H groups in total. The van der Waals surface area contributed by atoms with Crippen LogP contribution in [0.5, 0.6) is 5.75 Å². The molecular weight excluding hydrogens is 270 g/mol. The lowest BCUT2D eigenvalue weighted by Crippen LogP contribution is -1.94. The molecule has 0 radical (unpaired) electrons. The Morgan fingerprint density at radius 2 is 2.00 bits per heavy atom. The van der Waals surface area contributed by atoms with Crippen LogP contribution in [0.2, 0.25) is 5.02 Å². The maximum atomic E-state index is 9.34. The van der Waals surface area contributed by atoms with Crippen molar-refractivity contribution in [3.63, 3.8) is 0 Å². The van der Waals surface area contributed by atoms with Gasteiger partial charge in [0.2, 0.25) is 0 Å². The molecule has 0 fully saturated rings. The molecule has 0 saturated carbocycles. The van der Waals surface area contributed by atoms with E-state index in [9.17, 15) is 5.26 Å². The molecule has 100 valence electrons. The predicted octanol–water partition coefficient (Wildman–Crippen LogP) is 4.80. The summed E-state index contributed by atoms with van der Waals surface area (Å²) in [6, 6.07) is 17.1. The van der Waals surface area contributed by atoms with E-state index in [1.54, 1.807) is 18.2 Å². The van der Waals surface area contributed by atoms with Crippen LogP contribution in [0.25, 0.3) is 11.6 Å². The van der Waals surface area contributed by atoms with Gasteiger partial charge in [-0.05, 0) is 36.8 Å². The van der Waals surface area contributed by atoms with Crippen LogP contribution >= 0.6 is 11.6 Å². The molecule has 0 unspecified atom stereocenters. The number of nitrogens with zero attached hydrogens (tertiary/aromatic N) is 1. The number of ether oxygens (including phenoxy) is 1. The highest BCUT2D eigenvalue weighted by atomic mass is 35.5. The first-order valence-corrected chi connectivity index (χ1v) is 6.72. The summed E-state index contributed by atoms with van der Waals surface area (Å²) in [7, 11) is 0. The van der Waals surface area contributed by atoms with Gasteiger partial charge < -0.3 is 4.74 Å². The molecule has 0 amide bonds. The highest BCUT2D eigenvalue weighted by Crippen LogP contribution is 2.27. The SMILES string of the molecule is CCOc1ccc(Cl)cc1/C=C(\C#N)c1ccccc1. The second kappa shape index (κ2) is 6.79. The highest BCUT2D eigenvalue weighted by molar-refractivity contribution is 6.30. The Hall–Kier alpha value is -2.24. The number of hydrogen-bond donors (Lipinski definition) is 0. The standard InChI is InChI=1S/C17H14ClNO/c1-2-20-17-9-8-16(18)11-14(17)10-15(12-19)13-6-4-3-5-7-13/h3-11H,2H2,1H3/b15-10+. The molecule has 2 aromatic carbocycles. The smallest absolute Gasteiger partial charge is 0.126 e. The van der Waals surface area contributed by atoms with Crippen molar-refractivity contribution in [3.05, 3.63) is 64.7 Å². The number of allylic oxidation sites excluding steroid dienone is 1. The first-order chi connectivity index (χ1) is 9.74. The van der Waals surface area contributed by atoms with Crippen molar-refractivity contribution < 1.29 is 4.74 Å². The van der Waals surface area contributed by atoms with Crippen molar-refractivity contribution in [2.45, 2.75) is 6.92 Å². The number of halogens is 1. The average molecular weight is 284 g/mol. The third kappa shape index (κ3) is 3.40. The molecular formula is C17H14ClNO. The normalized spacial score (nSPS) is 10.9. The van der Waals surface area contributed by atoms with E-state index in [-0.39, 0.29) is 0 Å². The molecule has 2 aromatic rings. The van der Waals surface area contributed by atoms with Crippen LogP contribution in [0, 0.1) is 11.3 Å². The Labute approximate surface area is 123 Å². The van der Waals surface area contributed by atoms with E-state index < -0.39 is 0 Å². The molecule has 0 aliphatic carbocycles. The van der Waals surface area contributed by atoms with Gasteiger partial charge in [0.1, 0.15) is 5.75 Å². The van der Waals surface area contributed by atoms with Gasteiger partial charge >= 0.3 is 0 Å². The number of nitriles is 1. The third-order valence-corrected chi connectivity index (χ3v) is 3.01. The van der Waals surface area contributed by atoms with Crippen molar-refractivity contribution in [3.8, 4) is 11.8 Å². The van der Waals surface area contributed by atoms with E-state index >= 15 is 0 Å². The van der Waals surface area contributed by atoms with Crippen LogP contribution in [0.15, 0.2) is 48.5 Å². The summed E-state index contributed by atoms with van der Waals surface area (Å²) >= 11 is 6.02. The summed E-state index contributed by atoms with van der Waals surface area (Å²) in [5, 5.41) is 9.95. The Morgan fingerprint density at radius 1 is 1.25 bits per heavy atom. The van der Waals surface area contributed by atoms with Crippen LogP contribution < -0.4 is 4.74 Å². The molecule has 0 spiro atoms. The first-order valence-electron chi connectivity index (χ1n) is 6.34. The summed E-state index contributed by atoms with van der Waals surface area (Å²) in [6.45, 7) is 2.49. The van der Waals surface area contributed by atoms with Gasteiger partial charge in [0, 0.05) is 10.6 Å². The molecule has 0 saturated heterocycles. The fraction of sp³-hybridized carbons (Fsp3) is 0.118. The molecule has 0 aliphatic rings. The maximum absolute atomic E-state index is 9.34. The van der Waals surface area contributed by atoms with Crippen LogP contribution in [0.1, 0.15) is 18.1 Å². The van der Waals surface area contributed by atoms with Crippen LogP contribution in [-0.2, 0) is 0 Å². The summed E-state index contributed by atoms with van der Waals surface area (Å²) < 4.78 is 5.56. The topological polar surface area (TPSA) is 33.0 Å². The van der Waals surface area contributed by atoms with E-state index in [1.807, 2.05) is 43.3 Å². The zero-order valence-electron chi connectivity index (χ0n) is 11.1. The predicted molar refractivity (Wildman–Crippen MR) is 82.5 cm³/mol. The van der Waals surface area contributed by atoms with E-state index in [0.717, 1.165) is 16.9 Å². The zero-order chi connectivity index (χ0) is 14.4. The summed E-state index contributed by atoms with van der Waals surface area (Å²) in [5.41, 5.74) is 2.26. The van der Waals surface area contributed by atoms with Crippen LogP contribution in [0.4, 0.5) is 0 Å². The number of rotatable bonds is 4. The highest BCUT2D eigenvalue weighted by Gasteiger charge is 2.06. The van der Waals surface area contributed by atoms with E-state index in [4.69, 9.17) is 16.3 Å². The lowest BCUT2D eigenvalue weighted by Gasteiger charge is -2.08. The van der Waals surface area contributed by atoms with Crippen LogP contribution in [-0.4, -0.2) is 6.61 Å². The first kappa shape index (κ1) is 14.2. The Morgan fingerprint density at radius 3 is 2.65 bits per heavy atom. The molecule has 0 aliphatic heterocycles. The second-order valence-electron chi connectivity index (χ2n) is 4.15.